The summed E-state index contributed by atoms with van der Waals surface area (Å²) in [7, 11) is 0. The van der Waals surface area contributed by atoms with Gasteiger partial charge in [0.05, 0.1) is 0 Å². The van der Waals surface area contributed by atoms with Crippen molar-refractivity contribution in [3.05, 3.63) is 83.4 Å². The third-order valence-corrected chi connectivity index (χ3v) is 7.59. The normalized spacial score (nSPS) is 15.1. The second kappa shape index (κ2) is 10.6. The molecule has 4 aromatic rings. The monoisotopic (exact) mass is 495 g/mol. The Morgan fingerprint density at radius 1 is 1.05 bits per heavy atom. The van der Waals surface area contributed by atoms with Crippen LogP contribution in [0.5, 0.6) is 0 Å². The molecule has 0 radical (unpaired) electrons. The first kappa shape index (κ1) is 24.8. The molecule has 2 heterocycles. The highest BCUT2D eigenvalue weighted by Crippen LogP contribution is 2.30. The predicted molar refractivity (Wildman–Crippen MR) is 146 cm³/mol. The van der Waals surface area contributed by atoms with Gasteiger partial charge in [-0.3, -0.25) is 9.59 Å². The van der Waals surface area contributed by atoms with Crippen LogP contribution in [0.25, 0.3) is 22.6 Å². The van der Waals surface area contributed by atoms with Crippen LogP contribution in [0, 0.1) is 18.8 Å². The number of carbonyl (C=O) groups excluding carboxylic acids is 2. The molecule has 1 unspecified atom stereocenters. The minimum absolute atomic E-state index is 0.00536. The topological polar surface area (TPSA) is 75.4 Å². The Hall–Kier alpha value is -3.93. The van der Waals surface area contributed by atoms with Crippen molar-refractivity contribution in [2.24, 2.45) is 11.8 Å². The zero-order chi connectivity index (χ0) is 25.9. The predicted octanol–water partition coefficient (Wildman–Crippen LogP) is 6.49. The van der Waals surface area contributed by atoms with Crippen LogP contribution in [-0.2, 0) is 11.2 Å². The number of fused-ring (bicyclic) bond motifs is 1. The summed E-state index contributed by atoms with van der Waals surface area (Å²) in [6.07, 6.45) is 2.48. The van der Waals surface area contributed by atoms with E-state index in [0.717, 1.165) is 41.6 Å². The van der Waals surface area contributed by atoms with Crippen LogP contribution in [0.15, 0.2) is 71.1 Å². The first-order chi connectivity index (χ1) is 17.9. The van der Waals surface area contributed by atoms with Gasteiger partial charge < -0.3 is 14.6 Å². The number of piperidine rings is 1. The number of aromatic nitrogens is 1. The van der Waals surface area contributed by atoms with Gasteiger partial charge in [0.25, 0.3) is 5.91 Å². The van der Waals surface area contributed by atoms with Crippen LogP contribution in [0.1, 0.15) is 48.2 Å². The zero-order valence-corrected chi connectivity index (χ0v) is 21.7. The number of anilines is 1. The van der Waals surface area contributed by atoms with Crippen molar-refractivity contribution in [3.63, 3.8) is 0 Å². The molecule has 1 saturated heterocycles. The molecule has 190 valence electrons. The zero-order valence-electron chi connectivity index (χ0n) is 21.7. The lowest BCUT2D eigenvalue weighted by molar-refractivity contribution is -0.121. The molecule has 0 spiro atoms. The summed E-state index contributed by atoms with van der Waals surface area (Å²) in [5.74, 6) is 0.716. The van der Waals surface area contributed by atoms with Gasteiger partial charge in [-0.2, -0.15) is 0 Å². The first-order valence-corrected chi connectivity index (χ1v) is 13.1. The molecule has 6 heteroatoms. The fourth-order valence-electron chi connectivity index (χ4n) is 5.20. The summed E-state index contributed by atoms with van der Waals surface area (Å²) in [5, 5.41) is 3.18. The smallest absolute Gasteiger partial charge is 0.253 e. The van der Waals surface area contributed by atoms with Crippen molar-refractivity contribution in [2.45, 2.75) is 40.0 Å². The molecule has 0 bridgehead atoms. The lowest BCUT2D eigenvalue weighted by Crippen LogP contribution is -2.41. The molecule has 5 rings (SSSR count). The van der Waals surface area contributed by atoms with Gasteiger partial charge in [0.2, 0.25) is 11.8 Å². The molecular weight excluding hydrogens is 462 g/mol. The van der Waals surface area contributed by atoms with Gasteiger partial charge in [-0.1, -0.05) is 50.2 Å². The fraction of sp³-hybridized carbons (Fsp3) is 0.323. The summed E-state index contributed by atoms with van der Waals surface area (Å²) in [6, 6.07) is 21.3. The molecule has 3 aromatic carbocycles. The molecule has 37 heavy (non-hydrogen) atoms. The van der Waals surface area contributed by atoms with Crippen LogP contribution < -0.4 is 5.32 Å². The quantitative estimate of drug-likeness (QED) is 0.332. The van der Waals surface area contributed by atoms with Crippen LogP contribution in [0.4, 0.5) is 5.69 Å². The number of nitrogens with zero attached hydrogens (tertiary/aromatic N) is 2. The molecular formula is C31H33N3O3. The van der Waals surface area contributed by atoms with Gasteiger partial charge in [0.15, 0.2) is 5.58 Å². The lowest BCUT2D eigenvalue weighted by atomic mass is 9.84. The third kappa shape index (κ3) is 5.15. The highest BCUT2D eigenvalue weighted by atomic mass is 16.3. The van der Waals surface area contributed by atoms with Crippen molar-refractivity contribution in [3.8, 4) is 11.5 Å². The lowest BCUT2D eigenvalue weighted by Gasteiger charge is -2.34. The SMILES string of the molecule is CCc1cccc(C)c1NC(=O)C(C)C1CCN(C(=O)c2ccc3oc(-c4ccccc4)nc3c2)CC1. The Kier molecular flexibility index (Phi) is 7.08. The van der Waals surface area contributed by atoms with Crippen molar-refractivity contribution in [1.82, 2.24) is 9.88 Å². The Morgan fingerprint density at radius 3 is 2.54 bits per heavy atom. The minimum Gasteiger partial charge on any atom is -0.436 e. The highest BCUT2D eigenvalue weighted by molar-refractivity contribution is 5.97. The van der Waals surface area contributed by atoms with E-state index in [4.69, 9.17) is 4.42 Å². The van der Waals surface area contributed by atoms with E-state index >= 15 is 0 Å². The Labute approximate surface area is 217 Å². The molecule has 1 atom stereocenters. The van der Waals surface area contributed by atoms with Crippen LogP contribution in [0.2, 0.25) is 0 Å². The summed E-state index contributed by atoms with van der Waals surface area (Å²) in [4.78, 5) is 32.8. The van der Waals surface area contributed by atoms with Gasteiger partial charge in [-0.15, -0.1) is 0 Å². The standard InChI is InChI=1S/C31H33N3O3/c1-4-22-12-8-9-20(2)28(22)33-29(35)21(3)23-15-17-34(18-16-23)31(36)25-13-14-27-26(19-25)32-30(37-27)24-10-6-5-7-11-24/h5-14,19,21,23H,4,15-18H2,1-3H3,(H,33,35). The van der Waals surface area contributed by atoms with Crippen molar-refractivity contribution < 1.29 is 14.0 Å². The second-order valence-corrected chi connectivity index (χ2v) is 9.94. The maximum atomic E-state index is 13.3. The van der Waals surface area contributed by atoms with Crippen molar-refractivity contribution in [2.75, 3.05) is 18.4 Å². The third-order valence-electron chi connectivity index (χ3n) is 7.59. The second-order valence-electron chi connectivity index (χ2n) is 9.94. The average molecular weight is 496 g/mol. The van der Waals surface area contributed by atoms with E-state index in [2.05, 4.69) is 23.3 Å². The van der Waals surface area contributed by atoms with E-state index in [1.807, 2.05) is 73.3 Å². The van der Waals surface area contributed by atoms with Crippen LogP contribution in [-0.4, -0.2) is 34.8 Å². The molecule has 0 aliphatic carbocycles. The Morgan fingerprint density at radius 2 is 1.81 bits per heavy atom. The van der Waals surface area contributed by atoms with Gasteiger partial charge in [0, 0.05) is 35.8 Å². The number of amides is 2. The number of aryl methyl sites for hydroxylation is 2. The molecule has 1 fully saturated rings. The number of para-hydroxylation sites is 1. The molecule has 1 N–H and O–H groups in total. The van der Waals surface area contributed by atoms with Gasteiger partial charge >= 0.3 is 0 Å². The molecule has 6 nitrogen and oxygen atoms in total. The summed E-state index contributed by atoms with van der Waals surface area (Å²) in [6.45, 7) is 7.41. The first-order valence-electron chi connectivity index (χ1n) is 13.1. The number of oxazole rings is 1. The number of benzene rings is 3. The summed E-state index contributed by atoms with van der Waals surface area (Å²) >= 11 is 0. The fourth-order valence-corrected chi connectivity index (χ4v) is 5.20. The number of nitrogens with one attached hydrogen (secondary N) is 1. The number of carbonyl (C=O) groups is 2. The number of likely N-dealkylation sites (tertiary alicyclic amines) is 1. The van der Waals surface area contributed by atoms with Gasteiger partial charge in [0.1, 0.15) is 5.52 Å². The summed E-state index contributed by atoms with van der Waals surface area (Å²) < 4.78 is 5.89. The van der Waals surface area contributed by atoms with Crippen molar-refractivity contribution >= 4 is 28.6 Å². The molecule has 1 aliphatic heterocycles. The molecule has 0 saturated carbocycles. The number of rotatable bonds is 6. The average Bonchev–Trinajstić information content (AvgIpc) is 3.37. The highest BCUT2D eigenvalue weighted by Gasteiger charge is 2.30. The maximum Gasteiger partial charge on any atom is 0.253 e. The molecule has 2 amide bonds. The maximum absolute atomic E-state index is 13.3. The van der Waals surface area contributed by atoms with Gasteiger partial charge in [-0.25, -0.2) is 4.98 Å². The van der Waals surface area contributed by atoms with E-state index in [9.17, 15) is 9.59 Å². The number of hydrogen-bond acceptors (Lipinski definition) is 4. The summed E-state index contributed by atoms with van der Waals surface area (Å²) in [5.41, 5.74) is 6.02. The molecule has 1 aromatic heterocycles. The van der Waals surface area contributed by atoms with Crippen molar-refractivity contribution in [1.29, 1.82) is 0 Å². The van der Waals surface area contributed by atoms with E-state index in [1.165, 1.54) is 0 Å². The molecule has 1 aliphatic rings. The Bertz CT molecular complexity index is 1420. The van der Waals surface area contributed by atoms with Crippen LogP contribution >= 0.6 is 0 Å². The Balaban J connectivity index is 1.22. The van der Waals surface area contributed by atoms with E-state index in [0.29, 0.717) is 35.6 Å². The minimum atomic E-state index is -0.121. The van der Waals surface area contributed by atoms with E-state index in [-0.39, 0.29) is 23.7 Å². The largest absolute Gasteiger partial charge is 0.436 e. The van der Waals surface area contributed by atoms with Gasteiger partial charge in [-0.05, 0) is 73.6 Å². The van der Waals surface area contributed by atoms with Crippen LogP contribution in [0.3, 0.4) is 0 Å². The van der Waals surface area contributed by atoms with E-state index < -0.39 is 0 Å². The number of hydrogen-bond donors (Lipinski definition) is 1. The van der Waals surface area contributed by atoms with E-state index in [1.54, 1.807) is 6.07 Å².